The first-order valence-electron chi connectivity index (χ1n) is 7.34. The number of H-pyrrole nitrogens is 1. The summed E-state index contributed by atoms with van der Waals surface area (Å²) >= 11 is 0. The molecule has 23 heavy (non-hydrogen) atoms. The number of aromatic amines is 1. The zero-order valence-electron chi connectivity index (χ0n) is 12.6. The SMILES string of the molecule is CNC(=O)C1CCCN1C(=O)COC(=O)c1cc2occc2[nH]1. The molecule has 0 spiro atoms. The Hall–Kier alpha value is -2.77. The molecule has 1 atom stereocenters. The van der Waals surface area contributed by atoms with Crippen LogP contribution in [0.3, 0.4) is 0 Å². The van der Waals surface area contributed by atoms with Gasteiger partial charge in [0.2, 0.25) is 5.91 Å². The van der Waals surface area contributed by atoms with Crippen molar-refractivity contribution in [2.45, 2.75) is 18.9 Å². The number of esters is 1. The fraction of sp³-hybridized carbons (Fsp3) is 0.400. The number of carbonyl (C=O) groups excluding carboxylic acids is 3. The Morgan fingerprint density at radius 3 is 3.04 bits per heavy atom. The summed E-state index contributed by atoms with van der Waals surface area (Å²) in [6.45, 7) is 0.0939. The van der Waals surface area contributed by atoms with E-state index >= 15 is 0 Å². The standard InChI is InChI=1S/C15H17N3O5/c1-16-14(20)11-3-2-5-18(11)13(19)8-23-15(21)10-7-12-9(17-10)4-6-22-12/h4,6-7,11,17H,2-3,5,8H2,1H3,(H,16,20). The van der Waals surface area contributed by atoms with Crippen molar-refractivity contribution in [3.05, 3.63) is 24.1 Å². The molecule has 8 nitrogen and oxygen atoms in total. The third-order valence-corrected chi connectivity index (χ3v) is 3.91. The maximum absolute atomic E-state index is 12.2. The number of rotatable bonds is 4. The van der Waals surface area contributed by atoms with E-state index in [4.69, 9.17) is 9.15 Å². The van der Waals surface area contributed by atoms with E-state index in [0.29, 0.717) is 24.1 Å². The molecule has 1 saturated heterocycles. The summed E-state index contributed by atoms with van der Waals surface area (Å²) in [7, 11) is 1.53. The van der Waals surface area contributed by atoms with Crippen LogP contribution in [0.5, 0.6) is 0 Å². The number of aromatic nitrogens is 1. The fourth-order valence-corrected chi connectivity index (χ4v) is 2.75. The number of nitrogens with zero attached hydrogens (tertiary/aromatic N) is 1. The Bertz CT molecular complexity index is 719. The summed E-state index contributed by atoms with van der Waals surface area (Å²) < 4.78 is 10.2. The van der Waals surface area contributed by atoms with Gasteiger partial charge in [0.05, 0.1) is 11.8 Å². The molecule has 2 aromatic rings. The second-order valence-corrected chi connectivity index (χ2v) is 5.32. The van der Waals surface area contributed by atoms with Gasteiger partial charge in [-0.25, -0.2) is 4.79 Å². The quantitative estimate of drug-likeness (QED) is 0.805. The summed E-state index contributed by atoms with van der Waals surface area (Å²) in [4.78, 5) is 40.2. The van der Waals surface area contributed by atoms with Crippen LogP contribution in [0.15, 0.2) is 22.8 Å². The normalized spacial score (nSPS) is 17.4. The van der Waals surface area contributed by atoms with Crippen LogP contribution in [0, 0.1) is 0 Å². The van der Waals surface area contributed by atoms with Crippen LogP contribution in [0.4, 0.5) is 0 Å². The van der Waals surface area contributed by atoms with E-state index in [-0.39, 0.29) is 17.5 Å². The molecule has 2 aromatic heterocycles. The Kier molecular flexibility index (Phi) is 4.05. The highest BCUT2D eigenvalue weighted by atomic mass is 16.5. The Morgan fingerprint density at radius 1 is 1.48 bits per heavy atom. The van der Waals surface area contributed by atoms with Crippen molar-refractivity contribution >= 4 is 28.9 Å². The summed E-state index contributed by atoms with van der Waals surface area (Å²) in [6, 6.07) is 2.72. The van der Waals surface area contributed by atoms with Crippen molar-refractivity contribution in [3.63, 3.8) is 0 Å². The van der Waals surface area contributed by atoms with Gasteiger partial charge < -0.3 is 24.4 Å². The van der Waals surface area contributed by atoms with E-state index in [9.17, 15) is 14.4 Å². The molecule has 3 rings (SSSR count). The van der Waals surface area contributed by atoms with Crippen LogP contribution in [0.1, 0.15) is 23.3 Å². The molecular weight excluding hydrogens is 302 g/mol. The van der Waals surface area contributed by atoms with Gasteiger partial charge in [-0.1, -0.05) is 0 Å². The van der Waals surface area contributed by atoms with E-state index in [1.807, 2.05) is 0 Å². The topological polar surface area (TPSA) is 105 Å². The maximum atomic E-state index is 12.2. The van der Waals surface area contributed by atoms with Crippen molar-refractivity contribution in [2.75, 3.05) is 20.2 Å². The Balaban J connectivity index is 1.59. The van der Waals surface area contributed by atoms with Crippen LogP contribution in [0.25, 0.3) is 11.1 Å². The molecule has 0 radical (unpaired) electrons. The van der Waals surface area contributed by atoms with E-state index in [1.165, 1.54) is 24.3 Å². The smallest absolute Gasteiger partial charge is 0.355 e. The number of hydrogen-bond acceptors (Lipinski definition) is 5. The number of furan rings is 1. The first-order valence-corrected chi connectivity index (χ1v) is 7.34. The molecule has 1 unspecified atom stereocenters. The molecule has 2 amide bonds. The molecule has 0 aromatic carbocycles. The maximum Gasteiger partial charge on any atom is 0.355 e. The second kappa shape index (κ2) is 6.15. The molecule has 0 saturated carbocycles. The van der Waals surface area contributed by atoms with Gasteiger partial charge in [0, 0.05) is 25.7 Å². The average molecular weight is 319 g/mol. The van der Waals surface area contributed by atoms with Gasteiger partial charge in [0.25, 0.3) is 5.91 Å². The minimum Gasteiger partial charge on any atom is -0.463 e. The van der Waals surface area contributed by atoms with Crippen LogP contribution < -0.4 is 5.32 Å². The summed E-state index contributed by atoms with van der Waals surface area (Å²) in [5.74, 6) is -1.22. The molecule has 0 bridgehead atoms. The zero-order chi connectivity index (χ0) is 16.4. The molecule has 1 aliphatic heterocycles. The molecule has 2 N–H and O–H groups in total. The van der Waals surface area contributed by atoms with Crippen LogP contribution in [-0.2, 0) is 14.3 Å². The minimum absolute atomic E-state index is 0.202. The monoisotopic (exact) mass is 319 g/mol. The number of amides is 2. The van der Waals surface area contributed by atoms with E-state index in [0.717, 1.165) is 6.42 Å². The first kappa shape index (κ1) is 15.1. The lowest BCUT2D eigenvalue weighted by Gasteiger charge is -2.23. The average Bonchev–Trinajstić information content (AvgIpc) is 3.25. The third-order valence-electron chi connectivity index (χ3n) is 3.91. The number of fused-ring (bicyclic) bond motifs is 1. The van der Waals surface area contributed by atoms with Gasteiger partial charge in [-0.3, -0.25) is 9.59 Å². The second-order valence-electron chi connectivity index (χ2n) is 5.32. The van der Waals surface area contributed by atoms with Gasteiger partial charge in [-0.15, -0.1) is 0 Å². The number of likely N-dealkylation sites (tertiary alicyclic amines) is 1. The van der Waals surface area contributed by atoms with Gasteiger partial charge in [-0.05, 0) is 12.8 Å². The predicted molar refractivity (Wildman–Crippen MR) is 79.6 cm³/mol. The van der Waals surface area contributed by atoms with Gasteiger partial charge in [-0.2, -0.15) is 0 Å². The van der Waals surface area contributed by atoms with Crippen molar-refractivity contribution < 1.29 is 23.5 Å². The lowest BCUT2D eigenvalue weighted by Crippen LogP contribution is -2.46. The van der Waals surface area contributed by atoms with Crippen molar-refractivity contribution in [1.29, 1.82) is 0 Å². The summed E-state index contributed by atoms with van der Waals surface area (Å²) in [5.41, 5.74) is 1.45. The largest absolute Gasteiger partial charge is 0.463 e. The van der Waals surface area contributed by atoms with E-state index in [1.54, 1.807) is 6.07 Å². The Labute approximate surface area is 131 Å². The highest BCUT2D eigenvalue weighted by Gasteiger charge is 2.33. The number of carbonyl (C=O) groups is 3. The predicted octanol–water partition coefficient (Wildman–Crippen LogP) is 0.655. The van der Waals surface area contributed by atoms with Gasteiger partial charge >= 0.3 is 5.97 Å². The first-order chi connectivity index (χ1) is 11.1. The number of ether oxygens (including phenoxy) is 1. The summed E-state index contributed by atoms with van der Waals surface area (Å²) in [6.07, 6.45) is 2.88. The van der Waals surface area contributed by atoms with E-state index in [2.05, 4.69) is 10.3 Å². The highest BCUT2D eigenvalue weighted by Crippen LogP contribution is 2.19. The van der Waals surface area contributed by atoms with Crippen LogP contribution >= 0.6 is 0 Å². The number of likely N-dealkylation sites (N-methyl/N-ethyl adjacent to an activating group) is 1. The van der Waals surface area contributed by atoms with E-state index < -0.39 is 18.6 Å². The molecule has 0 aliphatic carbocycles. The van der Waals surface area contributed by atoms with Crippen LogP contribution in [-0.4, -0.2) is 53.9 Å². The lowest BCUT2D eigenvalue weighted by molar-refractivity contribution is -0.140. The summed E-state index contributed by atoms with van der Waals surface area (Å²) in [5, 5.41) is 2.54. The van der Waals surface area contributed by atoms with Crippen molar-refractivity contribution in [1.82, 2.24) is 15.2 Å². The molecule has 122 valence electrons. The lowest BCUT2D eigenvalue weighted by atomic mass is 10.2. The molecule has 1 aliphatic rings. The molecule has 1 fully saturated rings. The van der Waals surface area contributed by atoms with Crippen molar-refractivity contribution in [2.24, 2.45) is 0 Å². The number of hydrogen-bond donors (Lipinski definition) is 2. The molecule has 8 heteroatoms. The minimum atomic E-state index is -0.638. The number of nitrogens with one attached hydrogen (secondary N) is 2. The fourth-order valence-electron chi connectivity index (χ4n) is 2.75. The van der Waals surface area contributed by atoms with Gasteiger partial charge in [0.15, 0.2) is 12.2 Å². The van der Waals surface area contributed by atoms with Crippen LogP contribution in [0.2, 0.25) is 0 Å². The highest BCUT2D eigenvalue weighted by molar-refractivity contribution is 5.95. The molecule has 3 heterocycles. The Morgan fingerprint density at radius 2 is 2.30 bits per heavy atom. The zero-order valence-corrected chi connectivity index (χ0v) is 12.6. The third kappa shape index (κ3) is 2.92. The molecular formula is C15H17N3O5. The van der Waals surface area contributed by atoms with Crippen molar-refractivity contribution in [3.8, 4) is 0 Å². The van der Waals surface area contributed by atoms with Gasteiger partial charge in [0.1, 0.15) is 11.7 Å².